The molecule has 0 aliphatic heterocycles. The van der Waals surface area contributed by atoms with Crippen LogP contribution in [0, 0.1) is 13.8 Å². The van der Waals surface area contributed by atoms with Gasteiger partial charge in [-0.15, -0.1) is 0 Å². The number of ether oxygens (including phenoxy) is 1. The number of carbonyl (C=O) groups is 3. The molecule has 0 spiro atoms. The highest BCUT2D eigenvalue weighted by molar-refractivity contribution is 7.16. The Labute approximate surface area is 317 Å². The lowest BCUT2D eigenvalue weighted by atomic mass is 10.2. The van der Waals surface area contributed by atoms with Gasteiger partial charge in [0.05, 0.1) is 28.3 Å². The SMILES string of the molecule is CCc1nc(C)oc1C(=O)Nc1nc2cc(C(N)=O)cnc2n1C/C=C/Cn1/c(=N/C(O)c2oc(C)nc2CC)sc2cc(C(N)=O)cc(OCCCO)c21. The summed E-state index contributed by atoms with van der Waals surface area (Å²) in [5.41, 5.74) is 13.8. The van der Waals surface area contributed by atoms with E-state index in [1.54, 1.807) is 29.0 Å². The maximum Gasteiger partial charge on any atom is 0.295 e. The summed E-state index contributed by atoms with van der Waals surface area (Å²) < 4.78 is 21.4. The van der Waals surface area contributed by atoms with Crippen LogP contribution in [0.15, 0.2) is 50.4 Å². The summed E-state index contributed by atoms with van der Waals surface area (Å²) in [6.07, 6.45) is 4.91. The van der Waals surface area contributed by atoms with Crippen LogP contribution < -0.4 is 26.3 Å². The number of benzene rings is 1. The molecule has 0 saturated carbocycles. The number of aromatic nitrogens is 6. The number of anilines is 1. The Bertz CT molecular complexity index is 2510. The number of primary amides is 2. The third-order valence-corrected chi connectivity index (χ3v) is 9.45. The van der Waals surface area contributed by atoms with Crippen molar-refractivity contribution in [2.75, 3.05) is 18.5 Å². The standard InChI is InChI=1S/C36H40N10O8S/c1-5-22-28(53-18(3)40-22)33(50)43-35-42-24-14-21(31(38)49)17-39-32(24)46(35)11-8-7-10-45-27-25(52-13-9-12-47)15-20(30(37)48)16-26(27)55-36(45)44-34(51)29-23(6-2)41-19(4)54-29/h7-8,14-17,34,47,51H,5-6,9-13H2,1-4H3,(H2,37,48)(H2,38,49)(H,42,43,50)/b8-7+,44-36-. The van der Waals surface area contributed by atoms with Crippen molar-refractivity contribution in [3.05, 3.63) is 87.2 Å². The van der Waals surface area contributed by atoms with E-state index in [9.17, 15) is 24.6 Å². The molecular formula is C36H40N10O8S. The number of pyridine rings is 1. The first-order valence-electron chi connectivity index (χ1n) is 17.4. The van der Waals surface area contributed by atoms with Gasteiger partial charge in [0.1, 0.15) is 16.8 Å². The van der Waals surface area contributed by atoms with Gasteiger partial charge in [-0.1, -0.05) is 37.3 Å². The molecule has 19 heteroatoms. The average Bonchev–Trinajstić information content (AvgIpc) is 3.92. The second kappa shape index (κ2) is 16.5. The molecule has 6 rings (SSSR count). The number of nitrogens with two attached hydrogens (primary N) is 2. The lowest BCUT2D eigenvalue weighted by molar-refractivity contribution is 0.0987. The van der Waals surface area contributed by atoms with Crippen molar-refractivity contribution in [2.45, 2.75) is 66.3 Å². The first kappa shape index (κ1) is 38.5. The number of carbonyl (C=O) groups excluding carboxylic acids is 3. The van der Waals surface area contributed by atoms with Gasteiger partial charge >= 0.3 is 0 Å². The van der Waals surface area contributed by atoms with Crippen molar-refractivity contribution in [2.24, 2.45) is 16.5 Å². The number of amides is 3. The van der Waals surface area contributed by atoms with Gasteiger partial charge in [0.25, 0.3) is 5.91 Å². The number of fused-ring (bicyclic) bond motifs is 2. The number of hydrogen-bond donors (Lipinski definition) is 5. The van der Waals surface area contributed by atoms with Crippen LogP contribution in [-0.2, 0) is 25.9 Å². The molecule has 7 N–H and O–H groups in total. The highest BCUT2D eigenvalue weighted by Crippen LogP contribution is 2.31. The fourth-order valence-electron chi connectivity index (χ4n) is 5.86. The zero-order valence-corrected chi connectivity index (χ0v) is 31.3. The van der Waals surface area contributed by atoms with E-state index < -0.39 is 23.9 Å². The van der Waals surface area contributed by atoms with E-state index in [4.69, 9.17) is 25.0 Å². The third kappa shape index (κ3) is 8.17. The smallest absolute Gasteiger partial charge is 0.295 e. The maximum atomic E-state index is 13.4. The van der Waals surface area contributed by atoms with Crippen molar-refractivity contribution < 1.29 is 38.2 Å². The molecule has 18 nitrogen and oxygen atoms in total. The van der Waals surface area contributed by atoms with Crippen LogP contribution in [0.2, 0.25) is 0 Å². The Morgan fingerprint density at radius 1 is 0.982 bits per heavy atom. The Balaban J connectivity index is 1.40. The van der Waals surface area contributed by atoms with E-state index in [0.717, 1.165) is 0 Å². The molecule has 55 heavy (non-hydrogen) atoms. The van der Waals surface area contributed by atoms with Gasteiger partial charge in [-0.2, -0.15) is 0 Å². The number of aliphatic hydroxyl groups excluding tert-OH is 2. The Kier molecular flexibility index (Phi) is 11.5. The van der Waals surface area contributed by atoms with E-state index in [-0.39, 0.29) is 54.9 Å². The van der Waals surface area contributed by atoms with Crippen LogP contribution in [-0.4, -0.2) is 70.2 Å². The molecular weight excluding hydrogens is 733 g/mol. The minimum Gasteiger partial charge on any atom is -0.491 e. The predicted molar refractivity (Wildman–Crippen MR) is 200 cm³/mol. The van der Waals surface area contributed by atoms with Crippen LogP contribution in [0.1, 0.15) is 86.7 Å². The minimum absolute atomic E-state index is 0.0576. The molecule has 0 bridgehead atoms. The third-order valence-electron chi connectivity index (χ3n) is 8.41. The van der Waals surface area contributed by atoms with Gasteiger partial charge in [0.2, 0.25) is 29.8 Å². The fourth-order valence-corrected chi connectivity index (χ4v) is 6.98. The van der Waals surface area contributed by atoms with Gasteiger partial charge < -0.3 is 39.8 Å². The molecule has 0 saturated heterocycles. The zero-order valence-electron chi connectivity index (χ0n) is 30.5. The molecule has 288 valence electrons. The first-order chi connectivity index (χ1) is 26.4. The number of thiazole rings is 1. The Morgan fingerprint density at radius 3 is 2.36 bits per heavy atom. The van der Waals surface area contributed by atoms with Crippen LogP contribution in [0.5, 0.6) is 5.75 Å². The monoisotopic (exact) mass is 772 g/mol. The number of aryl methyl sites for hydroxylation is 4. The summed E-state index contributed by atoms with van der Waals surface area (Å²) in [6, 6.07) is 4.64. The van der Waals surface area contributed by atoms with Gasteiger partial charge in [-0.25, -0.2) is 24.9 Å². The van der Waals surface area contributed by atoms with Crippen LogP contribution in [0.25, 0.3) is 21.4 Å². The summed E-state index contributed by atoms with van der Waals surface area (Å²) in [5, 5.41) is 23.4. The van der Waals surface area contributed by atoms with Crippen molar-refractivity contribution in [3.63, 3.8) is 0 Å². The molecule has 6 aromatic rings. The number of hydrogen-bond acceptors (Lipinski definition) is 14. The fraction of sp³-hybridized carbons (Fsp3) is 0.333. The zero-order chi connectivity index (χ0) is 39.4. The number of aliphatic hydroxyl groups is 2. The Hall–Kier alpha value is -6.18. The average molecular weight is 773 g/mol. The van der Waals surface area contributed by atoms with Crippen LogP contribution >= 0.6 is 11.3 Å². The largest absolute Gasteiger partial charge is 0.491 e. The Morgan fingerprint density at radius 2 is 1.67 bits per heavy atom. The summed E-state index contributed by atoms with van der Waals surface area (Å²) in [7, 11) is 0. The van der Waals surface area contributed by atoms with Gasteiger partial charge in [-0.3, -0.25) is 24.3 Å². The number of allylic oxidation sites excluding steroid dienone is 2. The van der Waals surface area contributed by atoms with E-state index in [0.29, 0.717) is 74.4 Å². The molecule has 5 heterocycles. The molecule has 1 atom stereocenters. The maximum absolute atomic E-state index is 13.4. The minimum atomic E-state index is -1.39. The quantitative estimate of drug-likeness (QED) is 0.0701. The van der Waals surface area contributed by atoms with Gasteiger partial charge in [-0.05, 0) is 31.0 Å². The van der Waals surface area contributed by atoms with E-state index in [1.807, 2.05) is 26.0 Å². The molecule has 1 unspecified atom stereocenters. The highest BCUT2D eigenvalue weighted by Gasteiger charge is 2.23. The van der Waals surface area contributed by atoms with E-state index in [1.165, 1.54) is 29.7 Å². The van der Waals surface area contributed by atoms with Gasteiger partial charge in [0.15, 0.2) is 28.0 Å². The van der Waals surface area contributed by atoms with Crippen LogP contribution in [0.4, 0.5) is 5.95 Å². The number of nitrogens with zero attached hydrogens (tertiary/aromatic N) is 7. The number of imidazole rings is 1. The molecule has 0 radical (unpaired) electrons. The second-order valence-electron chi connectivity index (χ2n) is 12.3. The first-order valence-corrected chi connectivity index (χ1v) is 18.2. The molecule has 0 aliphatic rings. The summed E-state index contributed by atoms with van der Waals surface area (Å²) in [6.45, 7) is 7.49. The van der Waals surface area contributed by atoms with Crippen molar-refractivity contribution in [3.8, 4) is 5.75 Å². The highest BCUT2D eigenvalue weighted by atomic mass is 32.1. The predicted octanol–water partition coefficient (Wildman–Crippen LogP) is 3.22. The molecule has 0 fully saturated rings. The molecule has 5 aromatic heterocycles. The van der Waals surface area contributed by atoms with Crippen molar-refractivity contribution in [1.29, 1.82) is 0 Å². The van der Waals surface area contributed by atoms with Crippen molar-refractivity contribution in [1.82, 2.24) is 29.1 Å². The molecule has 1 aromatic carbocycles. The van der Waals surface area contributed by atoms with Gasteiger partial charge in [0, 0.05) is 51.7 Å². The van der Waals surface area contributed by atoms with Crippen molar-refractivity contribution >= 4 is 56.4 Å². The molecule has 0 aliphatic carbocycles. The number of nitrogens with one attached hydrogen (secondary N) is 1. The normalized spacial score (nSPS) is 12.7. The topological polar surface area (TPSA) is 265 Å². The van der Waals surface area contributed by atoms with Crippen LogP contribution in [0.3, 0.4) is 0 Å². The van der Waals surface area contributed by atoms with E-state index >= 15 is 0 Å². The summed E-state index contributed by atoms with van der Waals surface area (Å²) in [4.78, 5) is 60.2. The second-order valence-corrected chi connectivity index (χ2v) is 13.3. The number of rotatable bonds is 16. The lowest BCUT2D eigenvalue weighted by Crippen LogP contribution is -2.18. The molecule has 3 amide bonds. The number of oxazole rings is 2. The summed E-state index contributed by atoms with van der Waals surface area (Å²) in [5.74, 6) is -0.420. The summed E-state index contributed by atoms with van der Waals surface area (Å²) >= 11 is 1.20. The lowest BCUT2D eigenvalue weighted by Gasteiger charge is -2.11. The van der Waals surface area contributed by atoms with E-state index in [2.05, 4.69) is 30.2 Å².